The Labute approximate surface area is 108 Å². The molecule has 1 saturated heterocycles. The Morgan fingerprint density at radius 3 is 2.56 bits per heavy atom. The Morgan fingerprint density at radius 1 is 1.17 bits per heavy atom. The number of fused-ring (bicyclic) bond motifs is 1. The summed E-state index contributed by atoms with van der Waals surface area (Å²) in [7, 11) is 2.15. The van der Waals surface area contributed by atoms with E-state index in [1.165, 1.54) is 35.3 Å². The van der Waals surface area contributed by atoms with Crippen molar-refractivity contribution in [3.8, 4) is 0 Å². The molecule has 0 aliphatic carbocycles. The second kappa shape index (κ2) is 4.39. The van der Waals surface area contributed by atoms with Crippen LogP contribution in [-0.2, 0) is 7.05 Å². The molecule has 0 spiro atoms. The number of hydrogen-bond acceptors (Lipinski definition) is 2. The third-order valence-corrected chi connectivity index (χ3v) is 4.24. The van der Waals surface area contributed by atoms with E-state index in [1.54, 1.807) is 0 Å². The van der Waals surface area contributed by atoms with Crippen molar-refractivity contribution in [1.82, 2.24) is 14.9 Å². The SMILES string of the molecule is Cc1cc2nc(C3CCNCC3)n(C)c2cc1C. The first kappa shape index (κ1) is 11.7. The average Bonchev–Trinajstić information content (AvgIpc) is 2.69. The van der Waals surface area contributed by atoms with Gasteiger partial charge < -0.3 is 9.88 Å². The van der Waals surface area contributed by atoms with Gasteiger partial charge in [-0.25, -0.2) is 4.98 Å². The van der Waals surface area contributed by atoms with Crippen molar-refractivity contribution in [3.05, 3.63) is 29.1 Å². The molecule has 1 fully saturated rings. The third-order valence-electron chi connectivity index (χ3n) is 4.24. The molecule has 3 heteroatoms. The summed E-state index contributed by atoms with van der Waals surface area (Å²) in [4.78, 5) is 4.87. The predicted octanol–water partition coefficient (Wildman–Crippen LogP) is 2.66. The zero-order chi connectivity index (χ0) is 12.7. The maximum Gasteiger partial charge on any atom is 0.112 e. The zero-order valence-corrected chi connectivity index (χ0v) is 11.5. The van der Waals surface area contributed by atoms with Gasteiger partial charge in [0.05, 0.1) is 11.0 Å². The summed E-state index contributed by atoms with van der Waals surface area (Å²) in [6.07, 6.45) is 2.41. The van der Waals surface area contributed by atoms with Crippen molar-refractivity contribution < 1.29 is 0 Å². The number of nitrogens with zero attached hydrogens (tertiary/aromatic N) is 2. The summed E-state index contributed by atoms with van der Waals surface area (Å²) < 4.78 is 2.29. The maximum atomic E-state index is 4.87. The van der Waals surface area contributed by atoms with Gasteiger partial charge in [0.15, 0.2) is 0 Å². The number of aryl methyl sites for hydroxylation is 3. The molecule has 96 valence electrons. The number of rotatable bonds is 1. The van der Waals surface area contributed by atoms with Gasteiger partial charge in [0.2, 0.25) is 0 Å². The van der Waals surface area contributed by atoms with E-state index in [1.807, 2.05) is 0 Å². The van der Waals surface area contributed by atoms with E-state index in [9.17, 15) is 0 Å². The molecule has 0 atom stereocenters. The lowest BCUT2D eigenvalue weighted by Crippen LogP contribution is -2.27. The fourth-order valence-electron chi connectivity index (χ4n) is 2.91. The summed E-state index contributed by atoms with van der Waals surface area (Å²) in [6.45, 7) is 6.57. The van der Waals surface area contributed by atoms with Crippen molar-refractivity contribution >= 4 is 11.0 Å². The number of nitrogens with one attached hydrogen (secondary N) is 1. The molecular weight excluding hydrogens is 222 g/mol. The molecule has 3 rings (SSSR count). The lowest BCUT2D eigenvalue weighted by molar-refractivity contribution is 0.438. The van der Waals surface area contributed by atoms with Crippen LogP contribution in [0.4, 0.5) is 0 Å². The minimum Gasteiger partial charge on any atom is -0.331 e. The second-order valence-corrected chi connectivity index (χ2v) is 5.48. The molecule has 2 aromatic rings. The highest BCUT2D eigenvalue weighted by molar-refractivity contribution is 5.78. The molecular formula is C15H21N3. The lowest BCUT2D eigenvalue weighted by Gasteiger charge is -2.22. The van der Waals surface area contributed by atoms with Gasteiger partial charge in [-0.2, -0.15) is 0 Å². The number of benzene rings is 1. The maximum absolute atomic E-state index is 4.87. The van der Waals surface area contributed by atoms with Gasteiger partial charge in [-0.15, -0.1) is 0 Å². The Balaban J connectivity index is 2.10. The molecule has 3 nitrogen and oxygen atoms in total. The van der Waals surface area contributed by atoms with Gasteiger partial charge in [-0.1, -0.05) is 0 Å². The van der Waals surface area contributed by atoms with Crippen molar-refractivity contribution in [1.29, 1.82) is 0 Å². The molecule has 0 radical (unpaired) electrons. The van der Waals surface area contributed by atoms with E-state index in [4.69, 9.17) is 4.98 Å². The molecule has 1 aliphatic rings. The normalized spacial score (nSPS) is 17.5. The molecule has 0 amide bonds. The van der Waals surface area contributed by atoms with Gasteiger partial charge in [0.1, 0.15) is 5.82 Å². The van der Waals surface area contributed by atoms with Crippen molar-refractivity contribution in [2.45, 2.75) is 32.6 Å². The fourth-order valence-corrected chi connectivity index (χ4v) is 2.91. The molecule has 0 bridgehead atoms. The zero-order valence-electron chi connectivity index (χ0n) is 11.5. The summed E-state index contributed by atoms with van der Waals surface area (Å²) in [5, 5.41) is 3.42. The molecule has 1 aliphatic heterocycles. The molecule has 0 saturated carbocycles. The highest BCUT2D eigenvalue weighted by Crippen LogP contribution is 2.28. The minimum absolute atomic E-state index is 0.615. The van der Waals surface area contributed by atoms with E-state index < -0.39 is 0 Å². The highest BCUT2D eigenvalue weighted by Gasteiger charge is 2.21. The van der Waals surface area contributed by atoms with Crippen LogP contribution in [0.5, 0.6) is 0 Å². The van der Waals surface area contributed by atoms with E-state index in [-0.39, 0.29) is 0 Å². The number of imidazole rings is 1. The molecule has 1 aromatic heterocycles. The van der Waals surface area contributed by atoms with Crippen molar-refractivity contribution in [2.24, 2.45) is 7.05 Å². The van der Waals surface area contributed by atoms with E-state index in [0.29, 0.717) is 5.92 Å². The number of aromatic nitrogens is 2. The van der Waals surface area contributed by atoms with Gasteiger partial charge in [0, 0.05) is 13.0 Å². The molecule has 2 heterocycles. The van der Waals surface area contributed by atoms with Crippen LogP contribution < -0.4 is 5.32 Å². The predicted molar refractivity (Wildman–Crippen MR) is 75.0 cm³/mol. The fraction of sp³-hybridized carbons (Fsp3) is 0.533. The molecule has 0 unspecified atom stereocenters. The summed E-state index contributed by atoms with van der Waals surface area (Å²) >= 11 is 0. The Bertz CT molecular complexity index is 577. The Hall–Kier alpha value is -1.35. The highest BCUT2D eigenvalue weighted by atomic mass is 15.1. The first-order valence-electron chi connectivity index (χ1n) is 6.81. The van der Waals surface area contributed by atoms with Crippen LogP contribution in [0.2, 0.25) is 0 Å². The van der Waals surface area contributed by atoms with Crippen molar-refractivity contribution in [3.63, 3.8) is 0 Å². The van der Waals surface area contributed by atoms with Gasteiger partial charge >= 0.3 is 0 Å². The largest absolute Gasteiger partial charge is 0.331 e. The smallest absolute Gasteiger partial charge is 0.112 e. The standard InChI is InChI=1S/C15H21N3/c1-10-8-13-14(9-11(10)2)18(3)15(17-13)12-4-6-16-7-5-12/h8-9,12,16H,4-7H2,1-3H3. The topological polar surface area (TPSA) is 29.9 Å². The van der Waals surface area contributed by atoms with E-state index in [2.05, 4.69) is 42.9 Å². The van der Waals surface area contributed by atoms with Crippen LogP contribution in [0.15, 0.2) is 12.1 Å². The summed E-state index contributed by atoms with van der Waals surface area (Å²) in [5.41, 5.74) is 5.10. The van der Waals surface area contributed by atoms with Crippen LogP contribution in [0.1, 0.15) is 35.7 Å². The lowest BCUT2D eigenvalue weighted by atomic mass is 9.97. The van der Waals surface area contributed by atoms with Gasteiger partial charge in [0.25, 0.3) is 0 Å². The molecule has 18 heavy (non-hydrogen) atoms. The third kappa shape index (κ3) is 1.83. The Morgan fingerprint density at radius 2 is 1.83 bits per heavy atom. The summed E-state index contributed by atoms with van der Waals surface area (Å²) in [5.74, 6) is 1.88. The van der Waals surface area contributed by atoms with Crippen LogP contribution in [-0.4, -0.2) is 22.6 Å². The van der Waals surface area contributed by atoms with Crippen molar-refractivity contribution in [2.75, 3.05) is 13.1 Å². The van der Waals surface area contributed by atoms with E-state index in [0.717, 1.165) is 18.6 Å². The van der Waals surface area contributed by atoms with Crippen LogP contribution >= 0.6 is 0 Å². The first-order chi connectivity index (χ1) is 8.66. The number of piperidine rings is 1. The van der Waals surface area contributed by atoms with Gasteiger partial charge in [-0.05, 0) is 63.0 Å². The van der Waals surface area contributed by atoms with Crippen LogP contribution in [0.3, 0.4) is 0 Å². The van der Waals surface area contributed by atoms with Crippen LogP contribution in [0.25, 0.3) is 11.0 Å². The minimum atomic E-state index is 0.615. The second-order valence-electron chi connectivity index (χ2n) is 5.48. The molecule has 1 aromatic carbocycles. The first-order valence-corrected chi connectivity index (χ1v) is 6.81. The summed E-state index contributed by atoms with van der Waals surface area (Å²) in [6, 6.07) is 4.48. The quantitative estimate of drug-likeness (QED) is 0.834. The average molecular weight is 243 g/mol. The molecule has 1 N–H and O–H groups in total. The monoisotopic (exact) mass is 243 g/mol. The Kier molecular flexibility index (Phi) is 2.86. The number of hydrogen-bond donors (Lipinski definition) is 1. The van der Waals surface area contributed by atoms with E-state index >= 15 is 0 Å². The van der Waals surface area contributed by atoms with Crippen LogP contribution in [0, 0.1) is 13.8 Å². The van der Waals surface area contributed by atoms with Gasteiger partial charge in [-0.3, -0.25) is 0 Å².